The highest BCUT2D eigenvalue weighted by Crippen LogP contribution is 2.27. The quantitative estimate of drug-likeness (QED) is 0.218. The van der Waals surface area contributed by atoms with Crippen LogP contribution in [0.3, 0.4) is 0 Å². The van der Waals surface area contributed by atoms with Gasteiger partial charge in [-0.2, -0.15) is 0 Å². The van der Waals surface area contributed by atoms with Crippen LogP contribution in [0.25, 0.3) is 0 Å². The summed E-state index contributed by atoms with van der Waals surface area (Å²) >= 11 is 6.09. The number of halogens is 2. The first kappa shape index (κ1) is 31.7. The third kappa shape index (κ3) is 8.00. The lowest BCUT2D eigenvalue weighted by molar-refractivity contribution is -0.140. The van der Waals surface area contributed by atoms with Crippen molar-refractivity contribution < 1.29 is 22.4 Å². The Kier molecular flexibility index (Phi) is 10.6. The lowest BCUT2D eigenvalue weighted by atomic mass is 10.0. The molecule has 0 radical (unpaired) electrons. The molecule has 0 unspecified atom stereocenters. The summed E-state index contributed by atoms with van der Waals surface area (Å²) in [5.41, 5.74) is 2.06. The van der Waals surface area contributed by atoms with Crippen LogP contribution in [0.5, 0.6) is 0 Å². The van der Waals surface area contributed by atoms with Crippen molar-refractivity contribution in [3.63, 3.8) is 0 Å². The van der Waals surface area contributed by atoms with Crippen molar-refractivity contribution in [1.29, 1.82) is 0 Å². The van der Waals surface area contributed by atoms with Gasteiger partial charge in [0.1, 0.15) is 18.4 Å². The van der Waals surface area contributed by atoms with Gasteiger partial charge in [-0.15, -0.1) is 0 Å². The highest BCUT2D eigenvalue weighted by atomic mass is 35.5. The number of rotatable bonds is 12. The van der Waals surface area contributed by atoms with Crippen molar-refractivity contribution in [3.8, 4) is 0 Å². The second kappa shape index (κ2) is 14.3. The number of amides is 2. The molecule has 4 aromatic carbocycles. The predicted octanol–water partition coefficient (Wildman–Crippen LogP) is 5.76. The maximum Gasteiger partial charge on any atom is 0.264 e. The summed E-state index contributed by atoms with van der Waals surface area (Å²) < 4.78 is 43.9. The zero-order valence-electron chi connectivity index (χ0n) is 23.9. The Morgan fingerprint density at radius 2 is 1.51 bits per heavy atom. The van der Waals surface area contributed by atoms with E-state index in [1.807, 2.05) is 37.3 Å². The summed E-state index contributed by atoms with van der Waals surface area (Å²) in [6, 6.07) is 26.5. The number of carbonyl (C=O) groups is 2. The molecule has 224 valence electrons. The van der Waals surface area contributed by atoms with Gasteiger partial charge in [0.05, 0.1) is 10.6 Å². The van der Waals surface area contributed by atoms with Crippen molar-refractivity contribution >= 4 is 39.1 Å². The van der Waals surface area contributed by atoms with E-state index in [0.717, 1.165) is 15.4 Å². The molecule has 1 N–H and O–H groups in total. The van der Waals surface area contributed by atoms with Crippen molar-refractivity contribution in [2.45, 2.75) is 37.8 Å². The van der Waals surface area contributed by atoms with Crippen molar-refractivity contribution in [2.24, 2.45) is 0 Å². The first-order valence-electron chi connectivity index (χ1n) is 13.8. The maximum absolute atomic E-state index is 14.9. The second-order valence-corrected chi connectivity index (χ2v) is 12.3. The highest BCUT2D eigenvalue weighted by Gasteiger charge is 2.34. The highest BCUT2D eigenvalue weighted by molar-refractivity contribution is 7.92. The molecule has 4 rings (SSSR count). The summed E-state index contributed by atoms with van der Waals surface area (Å²) in [6.45, 7) is 3.02. The maximum atomic E-state index is 14.9. The normalized spacial score (nSPS) is 11.9. The van der Waals surface area contributed by atoms with Crippen LogP contribution in [-0.4, -0.2) is 44.3 Å². The number of sulfonamides is 1. The first-order valence-corrected chi connectivity index (χ1v) is 15.6. The van der Waals surface area contributed by atoms with Crippen molar-refractivity contribution in [3.05, 3.63) is 131 Å². The Morgan fingerprint density at radius 1 is 0.884 bits per heavy atom. The van der Waals surface area contributed by atoms with Gasteiger partial charge in [0.15, 0.2) is 0 Å². The van der Waals surface area contributed by atoms with Gasteiger partial charge in [-0.25, -0.2) is 12.8 Å². The molecule has 0 bridgehead atoms. The molecule has 0 fully saturated rings. The zero-order valence-corrected chi connectivity index (χ0v) is 25.5. The van der Waals surface area contributed by atoms with Crippen molar-refractivity contribution in [1.82, 2.24) is 10.2 Å². The van der Waals surface area contributed by atoms with Gasteiger partial charge in [0, 0.05) is 30.1 Å². The lowest BCUT2D eigenvalue weighted by Crippen LogP contribution is -2.53. The molecular formula is C33H33ClFN3O4S. The minimum Gasteiger partial charge on any atom is -0.355 e. The fraction of sp³-hybridized carbons (Fsp3) is 0.212. The minimum absolute atomic E-state index is 0.00827. The summed E-state index contributed by atoms with van der Waals surface area (Å²) in [5.74, 6) is -1.66. The van der Waals surface area contributed by atoms with E-state index >= 15 is 0 Å². The summed E-state index contributed by atoms with van der Waals surface area (Å²) in [6.07, 6.45) is 0.137. The van der Waals surface area contributed by atoms with Gasteiger partial charge in [0.25, 0.3) is 10.0 Å². The number of nitrogens with one attached hydrogen (secondary N) is 1. The van der Waals surface area contributed by atoms with Gasteiger partial charge < -0.3 is 10.2 Å². The zero-order chi connectivity index (χ0) is 31.0. The van der Waals surface area contributed by atoms with Crippen molar-refractivity contribution in [2.75, 3.05) is 17.4 Å². The fourth-order valence-corrected chi connectivity index (χ4v) is 6.17. The molecule has 0 saturated carbocycles. The monoisotopic (exact) mass is 621 g/mol. The number of aryl methyl sites for hydroxylation is 1. The molecule has 2 amide bonds. The van der Waals surface area contributed by atoms with Crippen LogP contribution in [0.2, 0.25) is 5.02 Å². The predicted molar refractivity (Wildman–Crippen MR) is 167 cm³/mol. The second-order valence-electron chi connectivity index (χ2n) is 10.0. The Balaban J connectivity index is 1.80. The van der Waals surface area contributed by atoms with Crippen LogP contribution in [0.4, 0.5) is 10.1 Å². The van der Waals surface area contributed by atoms with Gasteiger partial charge >= 0.3 is 0 Å². The Bertz CT molecular complexity index is 1650. The summed E-state index contributed by atoms with van der Waals surface area (Å²) in [4.78, 5) is 29.0. The third-order valence-corrected chi connectivity index (χ3v) is 8.96. The number of likely N-dealkylation sites (N-methyl/N-ethyl adjacent to an activating group) is 1. The largest absolute Gasteiger partial charge is 0.355 e. The van der Waals surface area contributed by atoms with E-state index in [0.29, 0.717) is 11.6 Å². The van der Waals surface area contributed by atoms with Gasteiger partial charge in [-0.1, -0.05) is 77.8 Å². The number of nitrogens with zero attached hydrogens (tertiary/aromatic N) is 2. The van der Waals surface area contributed by atoms with E-state index in [4.69, 9.17) is 11.6 Å². The Labute approximate surface area is 257 Å². The van der Waals surface area contributed by atoms with E-state index in [9.17, 15) is 22.4 Å². The number of benzene rings is 4. The molecule has 0 aliphatic heterocycles. The Morgan fingerprint density at radius 3 is 2.14 bits per heavy atom. The topological polar surface area (TPSA) is 86.8 Å². The summed E-state index contributed by atoms with van der Waals surface area (Å²) in [5, 5.41) is 3.17. The molecule has 43 heavy (non-hydrogen) atoms. The van der Waals surface area contributed by atoms with E-state index in [1.54, 1.807) is 25.1 Å². The lowest BCUT2D eigenvalue weighted by Gasteiger charge is -2.34. The molecule has 10 heteroatoms. The van der Waals surface area contributed by atoms with E-state index in [1.165, 1.54) is 59.5 Å². The van der Waals surface area contributed by atoms with E-state index < -0.39 is 40.2 Å². The smallest absolute Gasteiger partial charge is 0.264 e. The van der Waals surface area contributed by atoms with Crippen LogP contribution in [0.1, 0.15) is 23.6 Å². The molecule has 0 heterocycles. The molecule has 0 aromatic heterocycles. The molecule has 0 aliphatic carbocycles. The van der Waals surface area contributed by atoms with Crippen LogP contribution < -0.4 is 9.62 Å². The van der Waals surface area contributed by atoms with Gasteiger partial charge in [0.2, 0.25) is 11.8 Å². The average Bonchev–Trinajstić information content (AvgIpc) is 3.00. The molecule has 1 atom stereocenters. The molecular weight excluding hydrogens is 589 g/mol. The van der Waals surface area contributed by atoms with Crippen LogP contribution in [0.15, 0.2) is 108 Å². The van der Waals surface area contributed by atoms with E-state index in [2.05, 4.69) is 5.32 Å². The van der Waals surface area contributed by atoms with Crippen LogP contribution >= 0.6 is 11.6 Å². The Hall–Kier alpha value is -4.21. The third-order valence-electron chi connectivity index (χ3n) is 6.92. The SMILES string of the molecule is CCNC(=O)[C@H](Cc1ccccc1)N(Cc1ccccc1F)C(=O)CN(c1ccc(Cl)cc1)S(=O)(=O)c1ccc(C)cc1. The number of hydrogen-bond donors (Lipinski definition) is 1. The minimum atomic E-state index is -4.24. The molecule has 4 aromatic rings. The van der Waals surface area contributed by atoms with E-state index in [-0.39, 0.29) is 29.1 Å². The average molecular weight is 622 g/mol. The van der Waals surface area contributed by atoms with Crippen LogP contribution in [0, 0.1) is 12.7 Å². The molecule has 7 nitrogen and oxygen atoms in total. The standard InChI is InChI=1S/C33H33ClFN3O4S/c1-3-36-33(40)31(21-25-9-5-4-6-10-25)37(22-26-11-7-8-12-30(26)35)32(39)23-38(28-17-15-27(34)16-18-28)43(41,42)29-19-13-24(2)14-20-29/h4-20,31H,3,21-23H2,1-2H3,(H,36,40)/t31-/m0/s1. The fourth-order valence-electron chi connectivity index (χ4n) is 4.63. The van der Waals surface area contributed by atoms with Crippen LogP contribution in [-0.2, 0) is 32.6 Å². The molecule has 0 spiro atoms. The van der Waals surface area contributed by atoms with Gasteiger partial charge in [-0.3, -0.25) is 13.9 Å². The number of hydrogen-bond acceptors (Lipinski definition) is 4. The molecule has 0 aliphatic rings. The van der Waals surface area contributed by atoms with Gasteiger partial charge in [-0.05, 0) is 61.9 Å². The first-order chi connectivity index (χ1) is 20.6. The number of carbonyl (C=O) groups excluding carboxylic acids is 2. The molecule has 0 saturated heterocycles. The number of anilines is 1. The summed E-state index contributed by atoms with van der Waals surface area (Å²) in [7, 11) is -4.24.